The van der Waals surface area contributed by atoms with E-state index in [1.54, 1.807) is 38.1 Å². The van der Waals surface area contributed by atoms with Crippen molar-refractivity contribution in [2.75, 3.05) is 25.5 Å². The number of ether oxygens (including phenoxy) is 2. The molecule has 4 rings (SSSR count). The van der Waals surface area contributed by atoms with Gasteiger partial charge in [-0.25, -0.2) is 14.8 Å². The third-order valence-electron chi connectivity index (χ3n) is 6.76. The minimum absolute atomic E-state index is 0.0187. The first-order valence-electron chi connectivity index (χ1n) is 14.5. The predicted octanol–water partition coefficient (Wildman–Crippen LogP) is 5.55. The summed E-state index contributed by atoms with van der Waals surface area (Å²) in [5, 5.41) is 26.5. The summed E-state index contributed by atoms with van der Waals surface area (Å²) in [5.74, 6) is -0.107. The molecule has 2 heterocycles. The maximum Gasteiger partial charge on any atom is 0.329 e. The van der Waals surface area contributed by atoms with Crippen LogP contribution in [-0.2, 0) is 20.1 Å². The van der Waals surface area contributed by atoms with Gasteiger partial charge in [0.2, 0.25) is 5.91 Å². The first kappa shape index (κ1) is 35.2. The zero-order valence-electron chi connectivity index (χ0n) is 25.7. The Kier molecular flexibility index (Phi) is 12.6. The van der Waals surface area contributed by atoms with Crippen LogP contribution in [0.15, 0.2) is 58.9 Å². The number of thiazole rings is 1. The number of benzene rings is 2. The standard InChI is InChI=1S/C33H32ClN7O4S2/c1-19(2)29(40-27(42)11-12-35)33(43)45-14-13-44-24-9-5-20(6-10-24)28-25(15-36)30(38)41-32(26(28)16-37)47-18-23-17-46-31(39-23)21-3-7-22(34)8-4-21/h3-10,17,19,29H,11-14,18,35H2,1-2H3,(H2,38,41)(H,40,42)/t29-/m0/s1. The van der Waals surface area contributed by atoms with Crippen molar-refractivity contribution < 1.29 is 19.1 Å². The summed E-state index contributed by atoms with van der Waals surface area (Å²) in [6.07, 6.45) is 0.118. The number of carbonyl (C=O) groups is 2. The average Bonchev–Trinajstić information content (AvgIpc) is 3.54. The second-order valence-corrected chi connectivity index (χ2v) is 12.7. The molecule has 0 fully saturated rings. The molecule has 0 radical (unpaired) electrons. The molecule has 242 valence electrons. The topological polar surface area (TPSA) is 190 Å². The van der Waals surface area contributed by atoms with Crippen molar-refractivity contribution >= 4 is 52.4 Å². The normalized spacial score (nSPS) is 11.4. The van der Waals surface area contributed by atoms with E-state index in [9.17, 15) is 20.1 Å². The van der Waals surface area contributed by atoms with Crippen LogP contribution in [0.5, 0.6) is 5.75 Å². The van der Waals surface area contributed by atoms with Crippen LogP contribution < -0.4 is 21.5 Å². The number of nitrogens with one attached hydrogen (secondary N) is 1. The molecule has 1 atom stereocenters. The Hall–Kier alpha value is -4.66. The molecule has 0 aliphatic rings. The molecule has 11 nitrogen and oxygen atoms in total. The van der Waals surface area contributed by atoms with Crippen molar-refractivity contribution in [3.8, 4) is 39.6 Å². The van der Waals surface area contributed by atoms with E-state index in [-0.39, 0.29) is 54.9 Å². The highest BCUT2D eigenvalue weighted by molar-refractivity contribution is 7.98. The fourth-order valence-electron chi connectivity index (χ4n) is 4.42. The molecular weight excluding hydrogens is 658 g/mol. The zero-order chi connectivity index (χ0) is 33.9. The van der Waals surface area contributed by atoms with Gasteiger partial charge >= 0.3 is 5.97 Å². The molecule has 0 bridgehead atoms. The van der Waals surface area contributed by atoms with E-state index in [4.69, 9.17) is 37.5 Å². The molecule has 0 aliphatic heterocycles. The lowest BCUT2D eigenvalue weighted by atomic mass is 9.97. The fourth-order valence-corrected chi connectivity index (χ4v) is 6.36. The van der Waals surface area contributed by atoms with E-state index >= 15 is 0 Å². The number of nitriles is 2. The van der Waals surface area contributed by atoms with E-state index in [1.807, 2.05) is 29.6 Å². The summed E-state index contributed by atoms with van der Waals surface area (Å²) >= 11 is 8.82. The molecule has 14 heteroatoms. The molecule has 0 spiro atoms. The van der Waals surface area contributed by atoms with Crippen LogP contribution in [-0.4, -0.2) is 47.6 Å². The minimum Gasteiger partial charge on any atom is -0.490 e. The quantitative estimate of drug-likeness (QED) is 0.0854. The van der Waals surface area contributed by atoms with Crippen molar-refractivity contribution in [1.82, 2.24) is 15.3 Å². The molecule has 0 saturated carbocycles. The van der Waals surface area contributed by atoms with Crippen LogP contribution in [0.3, 0.4) is 0 Å². The number of aromatic nitrogens is 2. The minimum atomic E-state index is -0.791. The Balaban J connectivity index is 1.43. The van der Waals surface area contributed by atoms with Crippen molar-refractivity contribution in [3.63, 3.8) is 0 Å². The van der Waals surface area contributed by atoms with Crippen LogP contribution in [0.4, 0.5) is 5.82 Å². The number of nitrogens with two attached hydrogens (primary N) is 2. The summed E-state index contributed by atoms with van der Waals surface area (Å²) in [4.78, 5) is 33.5. The second-order valence-electron chi connectivity index (χ2n) is 10.5. The number of nitrogen functional groups attached to an aromatic ring is 1. The van der Waals surface area contributed by atoms with Crippen LogP contribution in [0.2, 0.25) is 5.02 Å². The summed E-state index contributed by atoms with van der Waals surface area (Å²) < 4.78 is 11.0. The molecule has 2 aromatic heterocycles. The number of rotatable bonds is 14. The largest absolute Gasteiger partial charge is 0.490 e. The van der Waals surface area contributed by atoms with E-state index in [2.05, 4.69) is 22.4 Å². The summed E-state index contributed by atoms with van der Waals surface area (Å²) in [6.45, 7) is 3.83. The highest BCUT2D eigenvalue weighted by Crippen LogP contribution is 2.37. The smallest absolute Gasteiger partial charge is 0.329 e. The first-order valence-corrected chi connectivity index (χ1v) is 16.8. The highest BCUT2D eigenvalue weighted by atomic mass is 35.5. The third-order valence-corrected chi connectivity index (χ3v) is 8.96. The Morgan fingerprint density at radius 3 is 2.34 bits per heavy atom. The lowest BCUT2D eigenvalue weighted by Gasteiger charge is -2.20. The zero-order valence-corrected chi connectivity index (χ0v) is 28.0. The van der Waals surface area contributed by atoms with Gasteiger partial charge in [0, 0.05) is 40.2 Å². The molecular formula is C33H32ClN7O4S2. The van der Waals surface area contributed by atoms with Gasteiger partial charge in [-0.15, -0.1) is 11.3 Å². The highest BCUT2D eigenvalue weighted by Gasteiger charge is 2.25. The lowest BCUT2D eigenvalue weighted by Crippen LogP contribution is -2.46. The Morgan fingerprint density at radius 1 is 1.02 bits per heavy atom. The van der Waals surface area contributed by atoms with Gasteiger partial charge in [-0.2, -0.15) is 10.5 Å². The van der Waals surface area contributed by atoms with Gasteiger partial charge in [0.15, 0.2) is 0 Å². The summed E-state index contributed by atoms with van der Waals surface area (Å²) in [5.41, 5.74) is 14.7. The van der Waals surface area contributed by atoms with Crippen LogP contribution in [0, 0.1) is 28.6 Å². The van der Waals surface area contributed by atoms with Gasteiger partial charge in [-0.05, 0) is 35.7 Å². The number of hydrogen-bond donors (Lipinski definition) is 3. The van der Waals surface area contributed by atoms with Crippen molar-refractivity contribution in [2.45, 2.75) is 37.1 Å². The van der Waals surface area contributed by atoms with E-state index in [0.717, 1.165) is 16.3 Å². The molecule has 0 aliphatic carbocycles. The van der Waals surface area contributed by atoms with Gasteiger partial charge in [0.05, 0.1) is 11.3 Å². The maximum absolute atomic E-state index is 12.5. The number of hydrogen-bond acceptors (Lipinski definition) is 12. The van der Waals surface area contributed by atoms with Crippen LogP contribution in [0.25, 0.3) is 21.7 Å². The molecule has 0 saturated heterocycles. The number of halogens is 1. The van der Waals surface area contributed by atoms with E-state index < -0.39 is 12.0 Å². The van der Waals surface area contributed by atoms with Crippen LogP contribution >= 0.6 is 34.7 Å². The van der Waals surface area contributed by atoms with E-state index in [0.29, 0.717) is 32.7 Å². The molecule has 2 aromatic carbocycles. The number of pyridine rings is 1. The fraction of sp³-hybridized carbons (Fsp3) is 0.273. The summed E-state index contributed by atoms with van der Waals surface area (Å²) in [6, 6.07) is 17.7. The Labute approximate surface area is 285 Å². The van der Waals surface area contributed by atoms with Crippen molar-refractivity contribution in [1.29, 1.82) is 10.5 Å². The number of thioether (sulfide) groups is 1. The number of carbonyl (C=O) groups excluding carboxylic acids is 2. The third kappa shape index (κ3) is 9.21. The lowest BCUT2D eigenvalue weighted by molar-refractivity contribution is -0.149. The SMILES string of the molecule is CC(C)[C@H](NC(=O)CCN)C(=O)OCCOc1ccc(-c2c(C#N)c(N)nc(SCc3csc(-c4ccc(Cl)cc4)n3)c2C#N)cc1. The maximum atomic E-state index is 12.5. The number of esters is 1. The predicted molar refractivity (Wildman–Crippen MR) is 183 cm³/mol. The molecule has 5 N–H and O–H groups in total. The van der Waals surface area contributed by atoms with E-state index in [1.165, 1.54) is 23.1 Å². The van der Waals surface area contributed by atoms with Gasteiger partial charge in [-0.3, -0.25) is 4.79 Å². The summed E-state index contributed by atoms with van der Waals surface area (Å²) in [7, 11) is 0. The average molecular weight is 690 g/mol. The first-order chi connectivity index (χ1) is 22.6. The van der Waals surface area contributed by atoms with Crippen LogP contribution in [0.1, 0.15) is 37.1 Å². The molecule has 1 amide bonds. The molecule has 4 aromatic rings. The van der Waals surface area contributed by atoms with Gasteiger partial charge in [0.1, 0.15) is 58.6 Å². The van der Waals surface area contributed by atoms with Gasteiger partial charge < -0.3 is 26.3 Å². The Bertz CT molecular complexity index is 1800. The number of anilines is 1. The second kappa shape index (κ2) is 16.8. The number of nitrogens with zero attached hydrogens (tertiary/aromatic N) is 4. The Morgan fingerprint density at radius 2 is 1.70 bits per heavy atom. The van der Waals surface area contributed by atoms with Crippen molar-refractivity contribution in [3.05, 3.63) is 75.8 Å². The number of amides is 1. The van der Waals surface area contributed by atoms with Crippen molar-refractivity contribution in [2.24, 2.45) is 11.7 Å². The molecule has 47 heavy (non-hydrogen) atoms. The monoisotopic (exact) mass is 689 g/mol. The van der Waals surface area contributed by atoms with Gasteiger partial charge in [0.25, 0.3) is 0 Å². The van der Waals surface area contributed by atoms with Gasteiger partial charge in [-0.1, -0.05) is 61.5 Å². The molecule has 0 unspecified atom stereocenters.